The number of thiazole rings is 1. The largest absolute Gasteiger partial charge is 0.453 e. The van der Waals surface area contributed by atoms with Crippen LogP contribution in [0.4, 0.5) is 9.93 Å². The molecule has 1 aromatic carbocycles. The van der Waals surface area contributed by atoms with Gasteiger partial charge in [-0.25, -0.2) is 14.5 Å². The van der Waals surface area contributed by atoms with Crippen molar-refractivity contribution in [3.8, 4) is 27.5 Å². The van der Waals surface area contributed by atoms with Crippen molar-refractivity contribution >= 4 is 41.8 Å². The zero-order valence-electron chi connectivity index (χ0n) is 21.2. The molecule has 4 aromatic rings. The van der Waals surface area contributed by atoms with Gasteiger partial charge in [-0.3, -0.25) is 15.1 Å². The summed E-state index contributed by atoms with van der Waals surface area (Å²) in [4.78, 5) is 36.1. The monoisotopic (exact) mass is 528 g/mol. The molecule has 0 fully saturated rings. The van der Waals surface area contributed by atoms with E-state index in [4.69, 9.17) is 22.4 Å². The Balaban J connectivity index is 1.61. The molecule has 1 N–H and O–H groups in total. The number of carbonyl (C=O) groups is 2. The summed E-state index contributed by atoms with van der Waals surface area (Å²) in [6.45, 7) is 0.907. The molecule has 3 aromatic heterocycles. The average molecular weight is 528 g/mol. The number of ether oxygens (including phenoxy) is 2. The van der Waals surface area contributed by atoms with Gasteiger partial charge in [0, 0.05) is 49.8 Å². The fraction of sp³-hybridized carbons (Fsp3) is 0.269. The number of carbonyl (C=O) groups excluding carboxylic acids is 2. The van der Waals surface area contributed by atoms with Gasteiger partial charge in [0.1, 0.15) is 7.85 Å². The molecule has 10 nitrogen and oxygen atoms in total. The molecule has 0 saturated carbocycles. The predicted octanol–water partition coefficient (Wildman–Crippen LogP) is 2.85. The molecule has 0 unspecified atom stereocenters. The van der Waals surface area contributed by atoms with Gasteiger partial charge < -0.3 is 14.4 Å². The Bertz CT molecular complexity index is 1500. The zero-order chi connectivity index (χ0) is 26.8. The quantitative estimate of drug-likeness (QED) is 0.367. The minimum atomic E-state index is -0.583. The molecule has 1 aliphatic rings. The summed E-state index contributed by atoms with van der Waals surface area (Å²) < 4.78 is 11.6. The van der Waals surface area contributed by atoms with Gasteiger partial charge in [-0.15, -0.1) is 0 Å². The Kier molecular flexibility index (Phi) is 7.25. The van der Waals surface area contributed by atoms with Gasteiger partial charge in [0.15, 0.2) is 5.13 Å². The molecule has 5 rings (SSSR count). The molecule has 0 spiro atoms. The van der Waals surface area contributed by atoms with Crippen molar-refractivity contribution in [2.75, 3.05) is 39.7 Å². The summed E-state index contributed by atoms with van der Waals surface area (Å²) in [5, 5.41) is 8.09. The lowest BCUT2D eigenvalue weighted by Gasteiger charge is -2.18. The fourth-order valence-corrected chi connectivity index (χ4v) is 5.46. The van der Waals surface area contributed by atoms with Crippen LogP contribution in [0.1, 0.15) is 21.6 Å². The number of methoxy groups -OCH3 is 2. The van der Waals surface area contributed by atoms with Crippen LogP contribution in [0, 0.1) is 0 Å². The summed E-state index contributed by atoms with van der Waals surface area (Å²) in [5.41, 5.74) is 5.95. The van der Waals surface area contributed by atoms with E-state index in [9.17, 15) is 9.59 Å². The highest BCUT2D eigenvalue weighted by Gasteiger charge is 2.30. The molecule has 0 atom stereocenters. The summed E-state index contributed by atoms with van der Waals surface area (Å²) in [6.07, 6.45) is 4.31. The number of aryl methyl sites for hydroxylation is 1. The van der Waals surface area contributed by atoms with Crippen LogP contribution in [-0.2, 0) is 22.3 Å². The highest BCUT2D eigenvalue weighted by Crippen LogP contribution is 2.43. The van der Waals surface area contributed by atoms with Gasteiger partial charge in [0.25, 0.3) is 5.91 Å². The minimum absolute atomic E-state index is 0.151. The highest BCUT2D eigenvalue weighted by atomic mass is 32.1. The fourth-order valence-electron chi connectivity index (χ4n) is 4.40. The summed E-state index contributed by atoms with van der Waals surface area (Å²) in [7, 11) is 11.2. The van der Waals surface area contributed by atoms with Crippen molar-refractivity contribution in [2.24, 2.45) is 0 Å². The van der Waals surface area contributed by atoms with Crippen molar-refractivity contribution in [3.05, 3.63) is 59.5 Å². The van der Waals surface area contributed by atoms with Gasteiger partial charge in [-0.05, 0) is 37.1 Å². The van der Waals surface area contributed by atoms with Gasteiger partial charge >= 0.3 is 6.09 Å². The molecule has 3 heterocycles. The number of anilines is 1. The molecule has 0 aliphatic heterocycles. The first-order chi connectivity index (χ1) is 18.4. The Labute approximate surface area is 225 Å². The Morgan fingerprint density at radius 3 is 2.79 bits per heavy atom. The van der Waals surface area contributed by atoms with Crippen molar-refractivity contribution in [2.45, 2.75) is 12.8 Å². The molecule has 0 bridgehead atoms. The lowest BCUT2D eigenvalue weighted by molar-refractivity contribution is 0.0744. The third kappa shape index (κ3) is 4.80. The highest BCUT2D eigenvalue weighted by molar-refractivity contribution is 7.19. The van der Waals surface area contributed by atoms with E-state index in [0.29, 0.717) is 47.8 Å². The van der Waals surface area contributed by atoms with E-state index in [0.717, 1.165) is 33.1 Å². The van der Waals surface area contributed by atoms with Crippen LogP contribution >= 0.6 is 11.3 Å². The van der Waals surface area contributed by atoms with E-state index < -0.39 is 6.09 Å². The first kappa shape index (κ1) is 25.6. The number of hydrogen-bond acceptors (Lipinski definition) is 8. The molecule has 12 heteroatoms. The van der Waals surface area contributed by atoms with Crippen LogP contribution < -0.4 is 10.8 Å². The Morgan fingerprint density at radius 1 is 1.24 bits per heavy atom. The number of likely N-dealkylation sites (N-methyl/N-ethyl adjacent to an activating group) is 1. The van der Waals surface area contributed by atoms with Crippen molar-refractivity contribution < 1.29 is 19.1 Å². The van der Waals surface area contributed by atoms with Gasteiger partial charge in [-0.1, -0.05) is 22.9 Å². The maximum Gasteiger partial charge on any atom is 0.413 e. The predicted molar refractivity (Wildman–Crippen MR) is 146 cm³/mol. The first-order valence-corrected chi connectivity index (χ1v) is 12.7. The lowest BCUT2D eigenvalue weighted by Crippen LogP contribution is -2.30. The molecule has 192 valence electrons. The van der Waals surface area contributed by atoms with E-state index >= 15 is 0 Å². The molecule has 38 heavy (non-hydrogen) atoms. The van der Waals surface area contributed by atoms with Gasteiger partial charge in [0.2, 0.25) is 0 Å². The van der Waals surface area contributed by atoms with Crippen LogP contribution in [-0.4, -0.2) is 78.9 Å². The zero-order valence-corrected chi connectivity index (χ0v) is 22.0. The Morgan fingerprint density at radius 2 is 2.08 bits per heavy atom. The second-order valence-corrected chi connectivity index (χ2v) is 9.73. The molecule has 2 amide bonds. The van der Waals surface area contributed by atoms with Crippen molar-refractivity contribution in [3.63, 3.8) is 0 Å². The van der Waals surface area contributed by atoms with E-state index in [1.807, 2.05) is 12.1 Å². The second kappa shape index (κ2) is 10.8. The third-order valence-electron chi connectivity index (χ3n) is 6.32. The third-order valence-corrected chi connectivity index (χ3v) is 7.34. The van der Waals surface area contributed by atoms with Crippen LogP contribution in [0.2, 0.25) is 0 Å². The SMILES string of the molecule is [B]c1cc(C(=O)N(C)CCOC)ccc1-n1nc(-c2cccnc2)c2c1-c1sc(NC(=O)OC)nc1CC2. The topological polar surface area (TPSA) is 111 Å². The number of benzene rings is 1. The van der Waals surface area contributed by atoms with E-state index in [1.54, 1.807) is 54.3 Å². The van der Waals surface area contributed by atoms with Gasteiger partial charge in [0.05, 0.1) is 41.4 Å². The van der Waals surface area contributed by atoms with Crippen LogP contribution in [0.15, 0.2) is 42.7 Å². The van der Waals surface area contributed by atoms with Gasteiger partial charge in [-0.2, -0.15) is 5.10 Å². The number of amides is 2. The van der Waals surface area contributed by atoms with E-state index in [-0.39, 0.29) is 5.91 Å². The van der Waals surface area contributed by atoms with E-state index in [2.05, 4.69) is 15.3 Å². The minimum Gasteiger partial charge on any atom is -0.453 e. The molecular formula is C26H25BN6O4S. The summed E-state index contributed by atoms with van der Waals surface area (Å²) in [5.74, 6) is -0.151. The Hall–Kier alpha value is -4.03. The lowest BCUT2D eigenvalue weighted by atomic mass is 9.91. The molecule has 1 aliphatic carbocycles. The number of hydrogen-bond donors (Lipinski definition) is 1. The first-order valence-electron chi connectivity index (χ1n) is 11.9. The number of nitrogens with zero attached hydrogens (tertiary/aromatic N) is 5. The maximum absolute atomic E-state index is 12.9. The smallest absolute Gasteiger partial charge is 0.413 e. The number of nitrogens with one attached hydrogen (secondary N) is 1. The van der Waals surface area contributed by atoms with Crippen LogP contribution in [0.25, 0.3) is 27.5 Å². The molecule has 2 radical (unpaired) electrons. The molecule has 0 saturated heterocycles. The second-order valence-electron chi connectivity index (χ2n) is 8.73. The number of rotatable bonds is 7. The van der Waals surface area contributed by atoms with Crippen molar-refractivity contribution in [1.29, 1.82) is 0 Å². The van der Waals surface area contributed by atoms with E-state index in [1.165, 1.54) is 18.4 Å². The number of pyridine rings is 1. The average Bonchev–Trinajstić information content (AvgIpc) is 3.52. The molecular weight excluding hydrogens is 503 g/mol. The standard InChI is InChI=1S/C26H25BN6O4S/c1-32(11-12-36-2)24(34)15-6-9-20(18(27)13-15)33-22-17(21(31-33)16-5-4-10-28-14-16)7-8-19-23(22)38-25(29-19)30-26(35)37-3/h4-6,9-10,13-14H,7-8,11-12H2,1-3H3,(H,29,30,35). The number of fused-ring (bicyclic) bond motifs is 3. The summed E-state index contributed by atoms with van der Waals surface area (Å²) >= 11 is 1.35. The van der Waals surface area contributed by atoms with Crippen molar-refractivity contribution in [1.82, 2.24) is 24.6 Å². The van der Waals surface area contributed by atoms with Crippen LogP contribution in [0.5, 0.6) is 0 Å². The van der Waals surface area contributed by atoms with Crippen LogP contribution in [0.3, 0.4) is 0 Å². The maximum atomic E-state index is 12.9. The number of aromatic nitrogens is 4. The summed E-state index contributed by atoms with van der Waals surface area (Å²) in [6, 6.07) is 9.05. The normalized spacial score (nSPS) is 12.0.